The summed E-state index contributed by atoms with van der Waals surface area (Å²) in [4.78, 5) is 0. The Hall–Kier alpha value is -1.82. The van der Waals surface area contributed by atoms with E-state index in [1.54, 1.807) is 7.11 Å². The lowest BCUT2D eigenvalue weighted by Gasteiger charge is -2.29. The van der Waals surface area contributed by atoms with Crippen molar-refractivity contribution >= 4 is 31.9 Å². The number of benzene rings is 3. The van der Waals surface area contributed by atoms with Gasteiger partial charge in [-0.2, -0.15) is 0 Å². The molecule has 1 aliphatic rings. The Balaban J connectivity index is 1.68. The molecule has 3 aromatic carbocycles. The molecule has 4 rings (SSSR count). The summed E-state index contributed by atoms with van der Waals surface area (Å²) in [6.07, 6.45) is 0.971. The van der Waals surface area contributed by atoms with Gasteiger partial charge in [-0.15, -0.1) is 0 Å². The van der Waals surface area contributed by atoms with Crippen molar-refractivity contribution in [3.63, 3.8) is 0 Å². The van der Waals surface area contributed by atoms with E-state index in [4.69, 9.17) is 9.47 Å². The van der Waals surface area contributed by atoms with Crippen LogP contribution in [0.4, 0.5) is 0 Å². The third kappa shape index (κ3) is 4.12. The number of nitrogens with one attached hydrogen (secondary N) is 1. The third-order valence-corrected chi connectivity index (χ3v) is 6.87. The maximum absolute atomic E-state index is 6.14. The molecular formula is C23H21Br2NO2. The molecule has 0 spiro atoms. The summed E-state index contributed by atoms with van der Waals surface area (Å²) in [5, 5.41) is 3.64. The van der Waals surface area contributed by atoms with Crippen molar-refractivity contribution < 1.29 is 9.47 Å². The Morgan fingerprint density at radius 1 is 0.964 bits per heavy atom. The molecule has 0 radical (unpaired) electrons. The van der Waals surface area contributed by atoms with Crippen LogP contribution >= 0.6 is 31.9 Å². The van der Waals surface area contributed by atoms with Gasteiger partial charge < -0.3 is 14.8 Å². The molecule has 1 unspecified atom stereocenters. The van der Waals surface area contributed by atoms with Crippen LogP contribution in [0.1, 0.15) is 28.3 Å². The standard InChI is InChI=1S/C23H21Br2NO2/c1-27-21-12-16-9-10-26-23(17-7-8-19(24)20(25)11-17)18(16)13-22(21)28-14-15-5-3-2-4-6-15/h2-8,11-13,23,26H,9-10,14H2,1H3. The summed E-state index contributed by atoms with van der Waals surface area (Å²) in [6, 6.07) is 20.9. The van der Waals surface area contributed by atoms with Gasteiger partial charge in [-0.25, -0.2) is 0 Å². The molecule has 1 N–H and O–H groups in total. The largest absolute Gasteiger partial charge is 0.493 e. The molecule has 3 aromatic rings. The summed E-state index contributed by atoms with van der Waals surface area (Å²) in [7, 11) is 1.70. The van der Waals surface area contributed by atoms with Crippen LogP contribution in [0.15, 0.2) is 69.6 Å². The number of rotatable bonds is 5. The lowest BCUT2D eigenvalue weighted by atomic mass is 9.89. The maximum Gasteiger partial charge on any atom is 0.162 e. The number of halogens is 2. The zero-order chi connectivity index (χ0) is 19.5. The van der Waals surface area contributed by atoms with Crippen molar-refractivity contribution in [3.05, 3.63) is 91.9 Å². The SMILES string of the molecule is COc1cc2c(cc1OCc1ccccc1)C(c1ccc(Br)c(Br)c1)NCC2. The van der Waals surface area contributed by atoms with Gasteiger partial charge in [-0.1, -0.05) is 36.4 Å². The monoisotopic (exact) mass is 501 g/mol. The van der Waals surface area contributed by atoms with Crippen LogP contribution in [-0.4, -0.2) is 13.7 Å². The van der Waals surface area contributed by atoms with Gasteiger partial charge in [0.2, 0.25) is 0 Å². The Labute approximate surface area is 182 Å². The molecule has 0 saturated carbocycles. The molecule has 0 amide bonds. The molecule has 144 valence electrons. The predicted molar refractivity (Wildman–Crippen MR) is 119 cm³/mol. The van der Waals surface area contributed by atoms with Crippen LogP contribution in [0, 0.1) is 0 Å². The van der Waals surface area contributed by atoms with E-state index >= 15 is 0 Å². The molecular weight excluding hydrogens is 482 g/mol. The fourth-order valence-corrected chi connectivity index (χ4v) is 4.20. The summed E-state index contributed by atoms with van der Waals surface area (Å²) < 4.78 is 13.9. The van der Waals surface area contributed by atoms with Gasteiger partial charge in [0.15, 0.2) is 11.5 Å². The van der Waals surface area contributed by atoms with Gasteiger partial charge in [-0.3, -0.25) is 0 Å². The highest BCUT2D eigenvalue weighted by atomic mass is 79.9. The first-order chi connectivity index (χ1) is 13.7. The van der Waals surface area contributed by atoms with Crippen LogP contribution in [-0.2, 0) is 13.0 Å². The van der Waals surface area contributed by atoms with E-state index in [0.717, 1.165) is 39.0 Å². The van der Waals surface area contributed by atoms with E-state index in [0.29, 0.717) is 6.61 Å². The van der Waals surface area contributed by atoms with Crippen molar-refractivity contribution in [1.29, 1.82) is 0 Å². The first-order valence-corrected chi connectivity index (χ1v) is 10.8. The topological polar surface area (TPSA) is 30.5 Å². The first kappa shape index (κ1) is 19.5. The van der Waals surface area contributed by atoms with E-state index in [2.05, 4.69) is 79.6 Å². The molecule has 1 aliphatic heterocycles. The Morgan fingerprint density at radius 2 is 1.79 bits per heavy atom. The average molecular weight is 503 g/mol. The molecule has 0 fully saturated rings. The Bertz CT molecular complexity index is 976. The summed E-state index contributed by atoms with van der Waals surface area (Å²) in [5.41, 5.74) is 4.89. The van der Waals surface area contributed by atoms with Gasteiger partial charge >= 0.3 is 0 Å². The normalized spacial score (nSPS) is 15.8. The second-order valence-corrected chi connectivity index (χ2v) is 8.50. The fourth-order valence-electron chi connectivity index (χ4n) is 3.56. The van der Waals surface area contributed by atoms with Crippen molar-refractivity contribution in [1.82, 2.24) is 5.32 Å². The molecule has 28 heavy (non-hydrogen) atoms. The van der Waals surface area contributed by atoms with Crippen LogP contribution in [0.5, 0.6) is 11.5 Å². The zero-order valence-corrected chi connectivity index (χ0v) is 18.7. The van der Waals surface area contributed by atoms with E-state index in [1.165, 1.54) is 16.7 Å². The Morgan fingerprint density at radius 3 is 2.54 bits per heavy atom. The second kappa shape index (κ2) is 8.68. The molecule has 1 heterocycles. The lowest BCUT2D eigenvalue weighted by Crippen LogP contribution is -2.30. The highest BCUT2D eigenvalue weighted by Crippen LogP contribution is 2.39. The highest BCUT2D eigenvalue weighted by Gasteiger charge is 2.24. The van der Waals surface area contributed by atoms with E-state index < -0.39 is 0 Å². The summed E-state index contributed by atoms with van der Waals surface area (Å²) in [6.45, 7) is 1.44. The molecule has 1 atom stereocenters. The van der Waals surface area contributed by atoms with Crippen molar-refractivity contribution in [2.75, 3.05) is 13.7 Å². The van der Waals surface area contributed by atoms with Gasteiger partial charge in [-0.05, 0) is 84.8 Å². The highest BCUT2D eigenvalue weighted by molar-refractivity contribution is 9.13. The lowest BCUT2D eigenvalue weighted by molar-refractivity contribution is 0.283. The number of hydrogen-bond donors (Lipinski definition) is 1. The van der Waals surface area contributed by atoms with Crippen LogP contribution < -0.4 is 14.8 Å². The molecule has 0 aliphatic carbocycles. The van der Waals surface area contributed by atoms with Gasteiger partial charge in [0.05, 0.1) is 13.2 Å². The minimum atomic E-state index is 0.123. The first-order valence-electron chi connectivity index (χ1n) is 9.21. The zero-order valence-electron chi connectivity index (χ0n) is 15.5. The van der Waals surface area contributed by atoms with Crippen LogP contribution in [0.25, 0.3) is 0 Å². The van der Waals surface area contributed by atoms with Crippen molar-refractivity contribution in [2.24, 2.45) is 0 Å². The minimum Gasteiger partial charge on any atom is -0.493 e. The number of ether oxygens (including phenoxy) is 2. The molecule has 3 nitrogen and oxygen atoms in total. The van der Waals surface area contributed by atoms with E-state index in [1.807, 2.05) is 18.2 Å². The molecule has 0 saturated heterocycles. The summed E-state index contributed by atoms with van der Waals surface area (Å²) in [5.74, 6) is 1.56. The smallest absolute Gasteiger partial charge is 0.162 e. The quantitative estimate of drug-likeness (QED) is 0.461. The van der Waals surface area contributed by atoms with Crippen LogP contribution in [0.3, 0.4) is 0 Å². The average Bonchev–Trinajstić information content (AvgIpc) is 2.74. The maximum atomic E-state index is 6.14. The number of hydrogen-bond acceptors (Lipinski definition) is 3. The Kier molecular flexibility index (Phi) is 6.04. The van der Waals surface area contributed by atoms with Gasteiger partial charge in [0.25, 0.3) is 0 Å². The number of fused-ring (bicyclic) bond motifs is 1. The van der Waals surface area contributed by atoms with Gasteiger partial charge in [0, 0.05) is 15.5 Å². The fraction of sp³-hybridized carbons (Fsp3) is 0.217. The summed E-state index contributed by atoms with van der Waals surface area (Å²) >= 11 is 7.18. The molecule has 0 bridgehead atoms. The number of methoxy groups -OCH3 is 1. The molecule has 5 heteroatoms. The minimum absolute atomic E-state index is 0.123. The van der Waals surface area contributed by atoms with Crippen LogP contribution in [0.2, 0.25) is 0 Å². The third-order valence-electron chi connectivity index (χ3n) is 4.99. The van der Waals surface area contributed by atoms with Crippen molar-refractivity contribution in [2.45, 2.75) is 19.1 Å². The van der Waals surface area contributed by atoms with Crippen molar-refractivity contribution in [3.8, 4) is 11.5 Å². The predicted octanol–water partition coefficient (Wildman–Crippen LogP) is 6.03. The molecule has 0 aromatic heterocycles. The van der Waals surface area contributed by atoms with E-state index in [9.17, 15) is 0 Å². The van der Waals surface area contributed by atoms with Gasteiger partial charge in [0.1, 0.15) is 6.61 Å². The second-order valence-electron chi connectivity index (χ2n) is 6.79. The van der Waals surface area contributed by atoms with E-state index in [-0.39, 0.29) is 6.04 Å².